The highest BCUT2D eigenvalue weighted by Crippen LogP contribution is 2.24. The minimum Gasteiger partial charge on any atom is -0.144 e. The van der Waals surface area contributed by atoms with Gasteiger partial charge in [0.05, 0.1) is 0 Å². The standard InChI is InChI=1S/C13H17ClNO2PS/c1-10-8-13(14)6-5-12(10)9-19-11(2)4-3-7-15-18(16)17/h4-6,8H,3,7,9H2,1-2H3,(H-,15,16,17)/p+1. The van der Waals surface area contributed by atoms with Crippen molar-refractivity contribution in [2.75, 3.05) is 6.54 Å². The maximum absolute atomic E-state index is 10.4. The van der Waals surface area contributed by atoms with Gasteiger partial charge in [-0.3, -0.25) is 0 Å². The summed E-state index contributed by atoms with van der Waals surface area (Å²) >= 11 is 7.68. The molecule has 1 aromatic rings. The number of benzene rings is 1. The van der Waals surface area contributed by atoms with Crippen molar-refractivity contribution in [3.63, 3.8) is 0 Å². The Hall–Kier alpha value is -0.380. The van der Waals surface area contributed by atoms with Gasteiger partial charge in [0.1, 0.15) is 0 Å². The summed E-state index contributed by atoms with van der Waals surface area (Å²) in [5, 5.41) is 3.25. The topological polar surface area (TPSA) is 49.3 Å². The van der Waals surface area contributed by atoms with Crippen molar-refractivity contribution in [2.24, 2.45) is 0 Å². The molecule has 0 aliphatic rings. The van der Waals surface area contributed by atoms with Crippen LogP contribution in [0, 0.1) is 6.92 Å². The Morgan fingerprint density at radius 2 is 2.32 bits per heavy atom. The first-order valence-corrected chi connectivity index (χ1v) is 8.51. The first-order chi connectivity index (χ1) is 8.99. The maximum atomic E-state index is 10.4. The fraction of sp³-hybridized carbons (Fsp3) is 0.385. The molecule has 0 bridgehead atoms. The summed E-state index contributed by atoms with van der Waals surface area (Å²) < 4.78 is 10.4. The van der Waals surface area contributed by atoms with E-state index in [-0.39, 0.29) is 0 Å². The second-order valence-electron chi connectivity index (χ2n) is 4.14. The third-order valence-corrected chi connectivity index (χ3v) is 4.39. The van der Waals surface area contributed by atoms with Crippen LogP contribution in [0.4, 0.5) is 0 Å². The number of nitrogens with one attached hydrogen (secondary N) is 1. The number of rotatable bonds is 7. The Morgan fingerprint density at radius 1 is 1.58 bits per heavy atom. The summed E-state index contributed by atoms with van der Waals surface area (Å²) in [6.07, 6.45) is 2.82. The number of hydrogen-bond acceptors (Lipinski definition) is 2. The van der Waals surface area contributed by atoms with Crippen molar-refractivity contribution in [3.05, 3.63) is 45.3 Å². The van der Waals surface area contributed by atoms with Crippen LogP contribution in [0.3, 0.4) is 0 Å². The van der Waals surface area contributed by atoms with E-state index < -0.39 is 8.18 Å². The van der Waals surface area contributed by atoms with Crippen molar-refractivity contribution < 1.29 is 9.46 Å². The van der Waals surface area contributed by atoms with Gasteiger partial charge in [0, 0.05) is 17.3 Å². The first kappa shape index (κ1) is 16.7. The molecule has 0 saturated heterocycles. The zero-order valence-electron chi connectivity index (χ0n) is 11.0. The maximum Gasteiger partial charge on any atom is 0.610 e. The number of thioether (sulfide) groups is 1. The van der Waals surface area contributed by atoms with Gasteiger partial charge in [0.25, 0.3) is 0 Å². The molecule has 3 nitrogen and oxygen atoms in total. The van der Waals surface area contributed by atoms with E-state index in [2.05, 4.69) is 31.1 Å². The minimum absolute atomic E-state index is 0.517. The molecule has 1 unspecified atom stereocenters. The molecule has 104 valence electrons. The number of allylic oxidation sites excluding steroid dienone is 1. The fourth-order valence-corrected chi connectivity index (χ4v) is 3.00. The lowest BCUT2D eigenvalue weighted by molar-refractivity contribution is 0.490. The van der Waals surface area contributed by atoms with E-state index in [1.807, 2.05) is 12.1 Å². The number of hydrogen-bond donors (Lipinski definition) is 2. The molecular weight excluding hydrogens is 301 g/mol. The highest BCUT2D eigenvalue weighted by atomic mass is 35.5. The van der Waals surface area contributed by atoms with Gasteiger partial charge >= 0.3 is 8.18 Å². The monoisotopic (exact) mass is 318 g/mol. The molecule has 2 N–H and O–H groups in total. The van der Waals surface area contributed by atoms with Gasteiger partial charge in [-0.25, -0.2) is 0 Å². The molecule has 0 fully saturated rings. The molecule has 1 atom stereocenters. The van der Waals surface area contributed by atoms with Crippen molar-refractivity contribution in [3.8, 4) is 0 Å². The highest BCUT2D eigenvalue weighted by molar-refractivity contribution is 8.02. The minimum atomic E-state index is -2.23. The molecule has 1 aromatic carbocycles. The van der Waals surface area contributed by atoms with E-state index in [9.17, 15) is 4.57 Å². The third-order valence-electron chi connectivity index (χ3n) is 2.58. The van der Waals surface area contributed by atoms with E-state index in [0.29, 0.717) is 6.54 Å². The summed E-state index contributed by atoms with van der Waals surface area (Å²) in [6, 6.07) is 5.93. The van der Waals surface area contributed by atoms with E-state index in [1.54, 1.807) is 11.8 Å². The molecule has 0 aliphatic heterocycles. The molecule has 19 heavy (non-hydrogen) atoms. The molecule has 0 saturated carbocycles. The Labute approximate surface area is 124 Å². The van der Waals surface area contributed by atoms with Crippen molar-refractivity contribution in [2.45, 2.75) is 26.0 Å². The van der Waals surface area contributed by atoms with Crippen LogP contribution >= 0.6 is 31.5 Å². The molecule has 0 spiro atoms. The molecule has 0 heterocycles. The Morgan fingerprint density at radius 3 is 2.95 bits per heavy atom. The summed E-state index contributed by atoms with van der Waals surface area (Å²) in [7, 11) is -2.23. The average Bonchev–Trinajstić information content (AvgIpc) is 2.33. The smallest absolute Gasteiger partial charge is 0.144 e. The SMILES string of the molecule is CC(=CCCN[P+](=O)O)SCc1ccc(Cl)cc1C. The Kier molecular flexibility index (Phi) is 7.66. The van der Waals surface area contributed by atoms with Gasteiger partial charge in [-0.2, -0.15) is 0 Å². The van der Waals surface area contributed by atoms with Crippen LogP contribution < -0.4 is 5.09 Å². The number of halogens is 1. The summed E-state index contributed by atoms with van der Waals surface area (Å²) in [4.78, 5) is 9.80. The second-order valence-corrected chi connectivity index (χ2v) is 6.66. The highest BCUT2D eigenvalue weighted by Gasteiger charge is 2.06. The summed E-state index contributed by atoms with van der Waals surface area (Å²) in [5.41, 5.74) is 2.48. The van der Waals surface area contributed by atoms with Crippen LogP contribution in [0.2, 0.25) is 5.02 Å². The predicted molar refractivity (Wildman–Crippen MR) is 83.7 cm³/mol. The fourth-order valence-electron chi connectivity index (χ4n) is 1.51. The molecule has 0 amide bonds. The lowest BCUT2D eigenvalue weighted by Crippen LogP contribution is -2.03. The zero-order valence-corrected chi connectivity index (χ0v) is 13.5. The van der Waals surface area contributed by atoms with Crippen LogP contribution in [0.25, 0.3) is 0 Å². The van der Waals surface area contributed by atoms with E-state index in [1.165, 1.54) is 16.0 Å². The lowest BCUT2D eigenvalue weighted by atomic mass is 10.1. The van der Waals surface area contributed by atoms with Crippen molar-refractivity contribution in [1.29, 1.82) is 0 Å². The van der Waals surface area contributed by atoms with E-state index >= 15 is 0 Å². The quantitative estimate of drug-likeness (QED) is 0.577. The van der Waals surface area contributed by atoms with Crippen LogP contribution in [0.1, 0.15) is 24.5 Å². The second kappa shape index (κ2) is 8.72. The predicted octanol–water partition coefficient (Wildman–Crippen LogP) is 4.41. The first-order valence-electron chi connectivity index (χ1n) is 5.93. The summed E-state index contributed by atoms with van der Waals surface area (Å²) in [6.45, 7) is 4.63. The van der Waals surface area contributed by atoms with Crippen LogP contribution in [-0.4, -0.2) is 11.4 Å². The van der Waals surface area contributed by atoms with E-state index in [4.69, 9.17) is 16.5 Å². The molecule has 0 aliphatic carbocycles. The van der Waals surface area contributed by atoms with Gasteiger partial charge in [-0.1, -0.05) is 28.8 Å². The number of aryl methyl sites for hydroxylation is 1. The van der Waals surface area contributed by atoms with E-state index in [0.717, 1.165) is 17.2 Å². The van der Waals surface area contributed by atoms with Crippen LogP contribution in [0.5, 0.6) is 0 Å². The molecule has 1 rings (SSSR count). The van der Waals surface area contributed by atoms with Gasteiger partial charge in [-0.15, -0.1) is 16.7 Å². The molecule has 0 aromatic heterocycles. The Bertz CT molecular complexity index is 480. The molecule has 0 radical (unpaired) electrons. The van der Waals surface area contributed by atoms with Gasteiger partial charge < -0.3 is 0 Å². The molecular formula is C13H18ClNO2PS+. The largest absolute Gasteiger partial charge is 0.610 e. The zero-order chi connectivity index (χ0) is 14.3. The normalized spacial score (nSPS) is 12.6. The van der Waals surface area contributed by atoms with Crippen LogP contribution in [-0.2, 0) is 10.3 Å². The lowest BCUT2D eigenvalue weighted by Gasteiger charge is -2.06. The van der Waals surface area contributed by atoms with Crippen molar-refractivity contribution in [1.82, 2.24) is 5.09 Å². The third kappa shape index (κ3) is 7.09. The van der Waals surface area contributed by atoms with Crippen molar-refractivity contribution >= 4 is 31.5 Å². The van der Waals surface area contributed by atoms with Gasteiger partial charge in [0.15, 0.2) is 0 Å². The van der Waals surface area contributed by atoms with Crippen LogP contribution in [0.15, 0.2) is 29.2 Å². The van der Waals surface area contributed by atoms with Gasteiger partial charge in [-0.05, 0) is 53.0 Å². The molecule has 6 heteroatoms. The average molecular weight is 319 g/mol. The Balaban J connectivity index is 2.38. The summed E-state index contributed by atoms with van der Waals surface area (Å²) in [5.74, 6) is 0.910. The van der Waals surface area contributed by atoms with Gasteiger partial charge in [0.2, 0.25) is 0 Å².